The monoisotopic (exact) mass is 381 g/mol. The Labute approximate surface area is 156 Å². The number of rotatable bonds is 3. The third-order valence-electron chi connectivity index (χ3n) is 4.31. The fourth-order valence-corrected chi connectivity index (χ4v) is 3.88. The van der Waals surface area contributed by atoms with Gasteiger partial charge in [-0.15, -0.1) is 23.7 Å². The largest absolute Gasteiger partial charge is 0.454 e. The van der Waals surface area contributed by atoms with E-state index in [0.717, 1.165) is 41.5 Å². The second-order valence-electron chi connectivity index (χ2n) is 6.15. The summed E-state index contributed by atoms with van der Waals surface area (Å²) < 4.78 is 10.7. The van der Waals surface area contributed by atoms with E-state index in [1.807, 2.05) is 18.2 Å². The molecule has 0 spiro atoms. The Kier molecular flexibility index (Phi) is 5.46. The molecule has 2 N–H and O–H groups in total. The molecule has 4 rings (SSSR count). The van der Waals surface area contributed by atoms with E-state index in [2.05, 4.69) is 22.5 Å². The fraction of sp³-hybridized carbons (Fsp3) is 0.412. The molecule has 0 radical (unpaired) electrons. The molecule has 2 unspecified atom stereocenters. The zero-order valence-corrected chi connectivity index (χ0v) is 15.4. The van der Waals surface area contributed by atoms with E-state index in [0.29, 0.717) is 10.9 Å². The van der Waals surface area contributed by atoms with Gasteiger partial charge in [-0.3, -0.25) is 4.79 Å². The van der Waals surface area contributed by atoms with Gasteiger partial charge in [0.15, 0.2) is 11.5 Å². The number of thiazole rings is 1. The highest BCUT2D eigenvalue weighted by Gasteiger charge is 2.22. The van der Waals surface area contributed by atoms with E-state index >= 15 is 0 Å². The fourth-order valence-electron chi connectivity index (χ4n) is 3.06. The molecule has 2 aliphatic rings. The number of carbonyl (C=O) groups is 1. The summed E-state index contributed by atoms with van der Waals surface area (Å²) in [4.78, 5) is 17.5. The molecule has 1 aromatic carbocycles. The van der Waals surface area contributed by atoms with E-state index in [-0.39, 0.29) is 31.1 Å². The summed E-state index contributed by atoms with van der Waals surface area (Å²) in [5.74, 6) is 1.42. The van der Waals surface area contributed by atoms with Gasteiger partial charge < -0.3 is 20.1 Å². The van der Waals surface area contributed by atoms with Crippen LogP contribution < -0.4 is 20.1 Å². The molecule has 0 saturated carbocycles. The number of carbonyl (C=O) groups excluding carboxylic acids is 1. The number of nitrogens with zero attached hydrogens (tertiary/aromatic N) is 1. The first-order valence-corrected chi connectivity index (χ1v) is 8.91. The number of amides is 1. The van der Waals surface area contributed by atoms with Crippen molar-refractivity contribution in [3.63, 3.8) is 0 Å². The van der Waals surface area contributed by atoms with Gasteiger partial charge in [0, 0.05) is 17.6 Å². The van der Waals surface area contributed by atoms with Gasteiger partial charge in [-0.25, -0.2) is 4.98 Å². The average Bonchev–Trinajstić information content (AvgIpc) is 3.23. The Balaban J connectivity index is 0.00000182. The lowest BCUT2D eigenvalue weighted by atomic mass is 10.0. The first-order chi connectivity index (χ1) is 11.7. The Hall–Kier alpha value is -1.83. The van der Waals surface area contributed by atoms with E-state index in [1.54, 1.807) is 6.20 Å². The molecule has 1 amide bonds. The van der Waals surface area contributed by atoms with Crippen LogP contribution in [0, 0.1) is 0 Å². The molecule has 8 heteroatoms. The minimum Gasteiger partial charge on any atom is -0.454 e. The number of fused-ring (bicyclic) bond motifs is 1. The van der Waals surface area contributed by atoms with Crippen molar-refractivity contribution < 1.29 is 14.3 Å². The van der Waals surface area contributed by atoms with Crippen molar-refractivity contribution in [2.24, 2.45) is 0 Å². The van der Waals surface area contributed by atoms with Gasteiger partial charge in [0.05, 0.1) is 6.20 Å². The first-order valence-electron chi connectivity index (χ1n) is 8.09. The van der Waals surface area contributed by atoms with Gasteiger partial charge in [0.1, 0.15) is 9.88 Å². The molecule has 2 atom stereocenters. The van der Waals surface area contributed by atoms with Gasteiger partial charge in [-0.1, -0.05) is 0 Å². The molecular formula is C17H20ClN3O3S. The predicted molar refractivity (Wildman–Crippen MR) is 98.9 cm³/mol. The van der Waals surface area contributed by atoms with Crippen molar-refractivity contribution in [1.29, 1.82) is 0 Å². The maximum Gasteiger partial charge on any atom is 0.263 e. The average molecular weight is 382 g/mol. The molecular weight excluding hydrogens is 362 g/mol. The molecule has 3 heterocycles. The normalized spacial score (nSPS) is 21.5. The van der Waals surface area contributed by atoms with Crippen molar-refractivity contribution in [2.45, 2.75) is 31.8 Å². The molecule has 1 fully saturated rings. The molecule has 0 bridgehead atoms. The summed E-state index contributed by atoms with van der Waals surface area (Å²) in [5, 5.41) is 7.31. The second kappa shape index (κ2) is 7.59. The molecule has 6 nitrogen and oxygen atoms in total. The lowest BCUT2D eigenvalue weighted by molar-refractivity contribution is 0.0929. The van der Waals surface area contributed by atoms with Crippen LogP contribution in [-0.2, 0) is 0 Å². The van der Waals surface area contributed by atoms with E-state index in [4.69, 9.17) is 9.47 Å². The van der Waals surface area contributed by atoms with Gasteiger partial charge in [-0.2, -0.15) is 0 Å². The van der Waals surface area contributed by atoms with Crippen LogP contribution in [0.15, 0.2) is 24.4 Å². The van der Waals surface area contributed by atoms with Gasteiger partial charge in [0.25, 0.3) is 5.91 Å². The van der Waals surface area contributed by atoms with Crippen molar-refractivity contribution in [3.05, 3.63) is 29.3 Å². The molecule has 2 aliphatic heterocycles. The summed E-state index contributed by atoms with van der Waals surface area (Å²) in [5.41, 5.74) is 0.929. The van der Waals surface area contributed by atoms with E-state index in [9.17, 15) is 4.79 Å². The lowest BCUT2D eigenvalue weighted by Gasteiger charge is -2.28. The van der Waals surface area contributed by atoms with Crippen LogP contribution in [0.3, 0.4) is 0 Å². The number of hydrogen-bond acceptors (Lipinski definition) is 6. The van der Waals surface area contributed by atoms with Crippen molar-refractivity contribution in [1.82, 2.24) is 15.6 Å². The summed E-state index contributed by atoms with van der Waals surface area (Å²) in [6.07, 6.45) is 3.56. The van der Waals surface area contributed by atoms with Gasteiger partial charge in [-0.05, 0) is 44.5 Å². The summed E-state index contributed by atoms with van der Waals surface area (Å²) >= 11 is 1.39. The zero-order valence-electron chi connectivity index (χ0n) is 13.8. The Morgan fingerprint density at radius 1 is 1.36 bits per heavy atom. The Morgan fingerprint density at radius 2 is 2.20 bits per heavy atom. The Bertz CT molecular complexity index is 767. The number of halogens is 1. The summed E-state index contributed by atoms with van der Waals surface area (Å²) in [6, 6.07) is 6.37. The number of benzene rings is 1. The van der Waals surface area contributed by atoms with Crippen LogP contribution >= 0.6 is 23.7 Å². The molecule has 2 aromatic rings. The summed E-state index contributed by atoms with van der Waals surface area (Å²) in [7, 11) is 0. The molecule has 25 heavy (non-hydrogen) atoms. The highest BCUT2D eigenvalue weighted by molar-refractivity contribution is 7.16. The minimum absolute atomic E-state index is 0. The number of aromatic nitrogens is 1. The number of ether oxygens (including phenoxy) is 2. The van der Waals surface area contributed by atoms with Gasteiger partial charge in [0.2, 0.25) is 6.79 Å². The van der Waals surface area contributed by atoms with Crippen LogP contribution in [0.1, 0.15) is 29.4 Å². The van der Waals surface area contributed by atoms with Crippen molar-refractivity contribution in [3.8, 4) is 22.1 Å². The molecule has 134 valence electrons. The highest BCUT2D eigenvalue weighted by atomic mass is 35.5. The van der Waals surface area contributed by atoms with Gasteiger partial charge >= 0.3 is 0 Å². The third kappa shape index (κ3) is 3.89. The zero-order chi connectivity index (χ0) is 16.5. The third-order valence-corrected chi connectivity index (χ3v) is 5.35. The van der Waals surface area contributed by atoms with E-state index in [1.165, 1.54) is 11.3 Å². The van der Waals surface area contributed by atoms with Crippen LogP contribution in [-0.4, -0.2) is 36.3 Å². The standard InChI is InChI=1S/C17H19N3O3S.ClH/c1-10-6-12(4-5-18-10)20-16(21)15-8-19-17(24-15)11-2-3-13-14(7-11)23-9-22-13;/h2-3,7-8,10,12,18H,4-6,9H2,1H3,(H,20,21);1H. The van der Waals surface area contributed by atoms with E-state index < -0.39 is 0 Å². The van der Waals surface area contributed by atoms with Crippen molar-refractivity contribution >= 4 is 29.7 Å². The van der Waals surface area contributed by atoms with Crippen molar-refractivity contribution in [2.75, 3.05) is 13.3 Å². The quantitative estimate of drug-likeness (QED) is 0.855. The number of nitrogens with one attached hydrogen (secondary N) is 2. The molecule has 1 aromatic heterocycles. The summed E-state index contributed by atoms with van der Waals surface area (Å²) in [6.45, 7) is 3.33. The topological polar surface area (TPSA) is 72.5 Å². The van der Waals surface area contributed by atoms with Crippen LogP contribution in [0.25, 0.3) is 10.6 Å². The van der Waals surface area contributed by atoms with Crippen LogP contribution in [0.2, 0.25) is 0 Å². The predicted octanol–water partition coefficient (Wildman–Crippen LogP) is 2.83. The Morgan fingerprint density at radius 3 is 3.04 bits per heavy atom. The number of hydrogen-bond donors (Lipinski definition) is 2. The second-order valence-corrected chi connectivity index (χ2v) is 7.18. The van der Waals surface area contributed by atoms with Crippen LogP contribution in [0.5, 0.6) is 11.5 Å². The number of piperidine rings is 1. The molecule has 1 saturated heterocycles. The maximum atomic E-state index is 12.4. The smallest absolute Gasteiger partial charge is 0.263 e. The SMILES string of the molecule is CC1CC(NC(=O)c2cnc(-c3ccc4c(c3)OCO4)s2)CCN1.Cl. The maximum absolute atomic E-state index is 12.4. The first kappa shape index (κ1) is 18.0. The molecule has 0 aliphatic carbocycles. The minimum atomic E-state index is -0.0430. The lowest BCUT2D eigenvalue weighted by Crippen LogP contribution is -2.46. The van der Waals surface area contributed by atoms with Crippen LogP contribution in [0.4, 0.5) is 0 Å². The highest BCUT2D eigenvalue weighted by Crippen LogP contribution is 2.36.